The third kappa shape index (κ3) is 8.62. The molecule has 0 aromatic heterocycles. The molecule has 0 aliphatic rings. The highest BCUT2D eigenvalue weighted by Crippen LogP contribution is 2.22. The minimum absolute atomic E-state index is 0. The van der Waals surface area contributed by atoms with Crippen molar-refractivity contribution in [2.45, 2.75) is 19.9 Å². The molecular formula is C22H28ClIN4O2. The Labute approximate surface area is 200 Å². The van der Waals surface area contributed by atoms with Crippen LogP contribution in [0.15, 0.2) is 60.1 Å². The lowest BCUT2D eigenvalue weighted by atomic mass is 10.2. The van der Waals surface area contributed by atoms with Crippen LogP contribution >= 0.6 is 35.6 Å². The average Bonchev–Trinajstić information content (AvgIpc) is 2.71. The van der Waals surface area contributed by atoms with E-state index >= 15 is 0 Å². The van der Waals surface area contributed by atoms with Gasteiger partial charge in [-0.2, -0.15) is 0 Å². The van der Waals surface area contributed by atoms with Crippen molar-refractivity contribution in [2.24, 2.45) is 4.99 Å². The van der Waals surface area contributed by atoms with E-state index < -0.39 is 0 Å². The summed E-state index contributed by atoms with van der Waals surface area (Å²) in [6.45, 7) is 7.04. The second-order valence-electron chi connectivity index (χ2n) is 6.34. The lowest BCUT2D eigenvalue weighted by molar-refractivity contribution is -0.116. The molecule has 0 saturated heterocycles. The van der Waals surface area contributed by atoms with Gasteiger partial charge in [0.25, 0.3) is 0 Å². The van der Waals surface area contributed by atoms with Crippen LogP contribution in [0.1, 0.15) is 17.5 Å². The molecule has 30 heavy (non-hydrogen) atoms. The fourth-order valence-electron chi connectivity index (χ4n) is 2.57. The molecule has 0 bridgehead atoms. The maximum atomic E-state index is 12.1. The zero-order valence-electron chi connectivity index (χ0n) is 17.2. The van der Waals surface area contributed by atoms with Gasteiger partial charge in [0.05, 0.1) is 10.7 Å². The summed E-state index contributed by atoms with van der Waals surface area (Å²) < 4.78 is 5.66. The molecule has 0 fully saturated rings. The maximum Gasteiger partial charge on any atom is 0.226 e. The van der Waals surface area contributed by atoms with E-state index in [2.05, 4.69) is 27.5 Å². The first kappa shape index (κ1) is 25.8. The molecule has 8 heteroatoms. The van der Waals surface area contributed by atoms with Gasteiger partial charge >= 0.3 is 0 Å². The number of hydrogen-bond donors (Lipinski definition) is 3. The van der Waals surface area contributed by atoms with Gasteiger partial charge in [-0.05, 0) is 30.7 Å². The summed E-state index contributed by atoms with van der Waals surface area (Å²) in [4.78, 5) is 16.3. The number of carbonyl (C=O) groups excluding carboxylic acids is 1. The highest BCUT2D eigenvalue weighted by atomic mass is 127. The molecule has 2 aromatic carbocycles. The van der Waals surface area contributed by atoms with Crippen LogP contribution in [-0.4, -0.2) is 32.1 Å². The summed E-state index contributed by atoms with van der Waals surface area (Å²) >= 11 is 6.15. The molecule has 0 unspecified atom stereocenters. The second-order valence-corrected chi connectivity index (χ2v) is 6.75. The van der Waals surface area contributed by atoms with Crippen molar-refractivity contribution in [3.05, 3.63) is 71.3 Å². The van der Waals surface area contributed by atoms with E-state index in [0.29, 0.717) is 36.4 Å². The number of amides is 1. The Balaban J connectivity index is 0.00000450. The van der Waals surface area contributed by atoms with E-state index in [0.717, 1.165) is 16.9 Å². The summed E-state index contributed by atoms with van der Waals surface area (Å²) in [7, 11) is 1.68. The van der Waals surface area contributed by atoms with Crippen molar-refractivity contribution in [3.63, 3.8) is 0 Å². The Bertz CT molecular complexity index is 874. The van der Waals surface area contributed by atoms with Crippen molar-refractivity contribution >= 4 is 53.1 Å². The number of para-hydroxylation sites is 1. The van der Waals surface area contributed by atoms with Crippen molar-refractivity contribution in [2.75, 3.05) is 25.5 Å². The minimum Gasteiger partial charge on any atom is -0.489 e. The number of halogens is 2. The molecule has 3 N–H and O–H groups in total. The molecule has 0 aliphatic heterocycles. The SMILES string of the molecule is C=CCOc1ccccc1CNC(=NC)NCCC(=O)Nc1ccc(C)cc1Cl.I. The monoisotopic (exact) mass is 542 g/mol. The summed E-state index contributed by atoms with van der Waals surface area (Å²) in [5.74, 6) is 1.27. The summed E-state index contributed by atoms with van der Waals surface area (Å²) in [6, 6.07) is 13.3. The first-order valence-electron chi connectivity index (χ1n) is 9.35. The van der Waals surface area contributed by atoms with Gasteiger partial charge in [-0.3, -0.25) is 9.79 Å². The van der Waals surface area contributed by atoms with Crippen molar-refractivity contribution in [3.8, 4) is 5.75 Å². The molecule has 0 aliphatic carbocycles. The normalized spacial score (nSPS) is 10.6. The molecule has 162 valence electrons. The van der Waals surface area contributed by atoms with Crippen molar-refractivity contribution < 1.29 is 9.53 Å². The van der Waals surface area contributed by atoms with E-state index in [4.69, 9.17) is 16.3 Å². The highest BCUT2D eigenvalue weighted by molar-refractivity contribution is 14.0. The first-order valence-corrected chi connectivity index (χ1v) is 9.73. The Morgan fingerprint density at radius 3 is 2.70 bits per heavy atom. The van der Waals surface area contributed by atoms with Crippen molar-refractivity contribution in [1.29, 1.82) is 0 Å². The number of aliphatic imine (C=N–C) groups is 1. The smallest absolute Gasteiger partial charge is 0.226 e. The van der Waals surface area contributed by atoms with Gasteiger partial charge in [-0.25, -0.2) is 0 Å². The van der Waals surface area contributed by atoms with Gasteiger partial charge in [0.1, 0.15) is 12.4 Å². The van der Waals surface area contributed by atoms with Crippen LogP contribution in [0.2, 0.25) is 5.02 Å². The molecule has 6 nitrogen and oxygen atoms in total. The Hall–Kier alpha value is -2.26. The van der Waals surface area contributed by atoms with Crippen LogP contribution < -0.4 is 20.7 Å². The molecular weight excluding hydrogens is 515 g/mol. The number of guanidine groups is 1. The van der Waals surface area contributed by atoms with Crippen LogP contribution in [0.4, 0.5) is 5.69 Å². The van der Waals surface area contributed by atoms with Gasteiger partial charge in [-0.1, -0.05) is 48.5 Å². The number of carbonyl (C=O) groups is 1. The van der Waals surface area contributed by atoms with Crippen LogP contribution in [-0.2, 0) is 11.3 Å². The number of aryl methyl sites for hydroxylation is 1. The number of nitrogens with zero attached hydrogens (tertiary/aromatic N) is 1. The van der Waals surface area contributed by atoms with Gasteiger partial charge in [0, 0.05) is 32.1 Å². The third-order valence-corrected chi connectivity index (χ3v) is 4.36. The Kier molecular flexibility index (Phi) is 11.9. The second kappa shape index (κ2) is 13.9. The molecule has 0 heterocycles. The average molecular weight is 543 g/mol. The fourth-order valence-corrected chi connectivity index (χ4v) is 2.85. The van der Waals surface area contributed by atoms with Gasteiger partial charge in [0.15, 0.2) is 5.96 Å². The summed E-state index contributed by atoms with van der Waals surface area (Å²) in [5.41, 5.74) is 2.66. The lowest BCUT2D eigenvalue weighted by Gasteiger charge is -2.14. The quantitative estimate of drug-likeness (QED) is 0.188. The maximum absolute atomic E-state index is 12.1. The van der Waals surface area contributed by atoms with Gasteiger partial charge in [-0.15, -0.1) is 24.0 Å². The predicted molar refractivity (Wildman–Crippen MR) is 135 cm³/mol. The molecule has 0 saturated carbocycles. The standard InChI is InChI=1S/C22H27ClN4O2.HI/c1-4-13-29-20-8-6-5-7-17(20)15-26-22(24-3)25-12-11-21(28)27-19-10-9-16(2)14-18(19)23;/h4-10,14H,1,11-13,15H2,2-3H3,(H,27,28)(H2,24,25,26);1H. The topological polar surface area (TPSA) is 74.8 Å². The van der Waals surface area contributed by atoms with E-state index in [1.807, 2.05) is 43.3 Å². The van der Waals surface area contributed by atoms with E-state index in [-0.39, 0.29) is 36.3 Å². The molecule has 2 rings (SSSR count). The Morgan fingerprint density at radius 1 is 1.23 bits per heavy atom. The van der Waals surface area contributed by atoms with Crippen LogP contribution in [0.3, 0.4) is 0 Å². The van der Waals surface area contributed by atoms with Crippen LogP contribution in [0, 0.1) is 6.92 Å². The molecule has 1 amide bonds. The van der Waals surface area contributed by atoms with E-state index in [1.54, 1.807) is 19.2 Å². The third-order valence-electron chi connectivity index (χ3n) is 4.04. The number of nitrogens with one attached hydrogen (secondary N) is 3. The zero-order valence-corrected chi connectivity index (χ0v) is 20.3. The molecule has 0 radical (unpaired) electrons. The number of rotatable bonds is 9. The van der Waals surface area contributed by atoms with E-state index in [1.165, 1.54) is 0 Å². The van der Waals surface area contributed by atoms with Gasteiger partial charge in [0.2, 0.25) is 5.91 Å². The highest BCUT2D eigenvalue weighted by Gasteiger charge is 2.08. The molecule has 0 atom stereocenters. The van der Waals surface area contributed by atoms with Crippen molar-refractivity contribution in [1.82, 2.24) is 10.6 Å². The minimum atomic E-state index is -0.123. The molecule has 0 spiro atoms. The van der Waals surface area contributed by atoms with Crippen LogP contribution in [0.5, 0.6) is 5.75 Å². The summed E-state index contributed by atoms with van der Waals surface area (Å²) in [6.07, 6.45) is 1.99. The predicted octanol–water partition coefficient (Wildman–Crippen LogP) is 4.53. The number of hydrogen-bond acceptors (Lipinski definition) is 3. The lowest BCUT2D eigenvalue weighted by Crippen LogP contribution is -2.38. The number of benzene rings is 2. The van der Waals surface area contributed by atoms with Gasteiger partial charge < -0.3 is 20.7 Å². The van der Waals surface area contributed by atoms with E-state index in [9.17, 15) is 4.79 Å². The fraction of sp³-hybridized carbons (Fsp3) is 0.273. The first-order chi connectivity index (χ1) is 14.0. The van der Waals surface area contributed by atoms with Crippen LogP contribution in [0.25, 0.3) is 0 Å². The number of ether oxygens (including phenoxy) is 1. The number of anilines is 1. The molecule has 2 aromatic rings. The zero-order chi connectivity index (χ0) is 21.1. The largest absolute Gasteiger partial charge is 0.489 e. The Morgan fingerprint density at radius 2 is 2.00 bits per heavy atom. The summed E-state index contributed by atoms with van der Waals surface area (Å²) in [5, 5.41) is 9.70.